The third kappa shape index (κ3) is 4.62. The highest BCUT2D eigenvalue weighted by Crippen LogP contribution is 2.24. The Balaban J connectivity index is 1.55. The molecule has 0 aliphatic carbocycles. The molecule has 0 aliphatic heterocycles. The summed E-state index contributed by atoms with van der Waals surface area (Å²) in [6.07, 6.45) is 5.12. The molecule has 1 aromatic carbocycles. The molecule has 164 valence electrons. The molecule has 0 atom stereocenters. The van der Waals surface area contributed by atoms with Gasteiger partial charge in [0.05, 0.1) is 11.9 Å². The summed E-state index contributed by atoms with van der Waals surface area (Å²) < 4.78 is 7.70. The third-order valence-corrected chi connectivity index (χ3v) is 5.97. The first kappa shape index (κ1) is 21.5. The molecule has 3 aromatic heterocycles. The topological polar surface area (TPSA) is 168 Å². The van der Waals surface area contributed by atoms with Gasteiger partial charge in [0, 0.05) is 17.7 Å². The van der Waals surface area contributed by atoms with E-state index in [1.807, 2.05) is 37.6 Å². The maximum Gasteiger partial charge on any atom is 0.293 e. The fourth-order valence-corrected chi connectivity index (χ4v) is 3.85. The van der Waals surface area contributed by atoms with Crippen molar-refractivity contribution in [3.8, 4) is 5.82 Å². The van der Waals surface area contributed by atoms with Crippen LogP contribution in [0.1, 0.15) is 21.7 Å². The number of nitrogens with zero attached hydrogens (tertiary/aromatic N) is 9. The van der Waals surface area contributed by atoms with E-state index in [2.05, 4.69) is 46.0 Å². The summed E-state index contributed by atoms with van der Waals surface area (Å²) in [6.45, 7) is 0. The summed E-state index contributed by atoms with van der Waals surface area (Å²) in [6, 6.07) is 7.75. The minimum atomic E-state index is -0.545. The van der Waals surface area contributed by atoms with Gasteiger partial charge in [-0.1, -0.05) is 29.1 Å². The second kappa shape index (κ2) is 9.61. The molecule has 0 radical (unpaired) electrons. The first-order valence-electron chi connectivity index (χ1n) is 9.04. The number of aryl methyl sites for hydroxylation is 1. The summed E-state index contributed by atoms with van der Waals surface area (Å²) in [5.74, 6) is -0.133. The van der Waals surface area contributed by atoms with Crippen molar-refractivity contribution >= 4 is 41.5 Å². The quantitative estimate of drug-likeness (QED) is 0.215. The molecule has 0 saturated carbocycles. The number of hydrogen-bond donors (Lipinski definition) is 2. The molecule has 15 heteroatoms. The largest absolute Gasteiger partial charge is 0.378 e. The maximum atomic E-state index is 12.8. The van der Waals surface area contributed by atoms with Crippen LogP contribution in [0, 0.1) is 0 Å². The van der Waals surface area contributed by atoms with Crippen LogP contribution in [-0.4, -0.2) is 58.4 Å². The smallest absolute Gasteiger partial charge is 0.293 e. The van der Waals surface area contributed by atoms with E-state index in [0.29, 0.717) is 10.9 Å². The Kier molecular flexibility index (Phi) is 6.46. The number of nitrogens with two attached hydrogens (primary N) is 1. The Hall–Kier alpha value is -3.72. The predicted octanol–water partition coefficient (Wildman–Crippen LogP) is 1.14. The van der Waals surface area contributed by atoms with Gasteiger partial charge in [-0.25, -0.2) is 10.1 Å². The standard InChI is InChI=1S/C17H17N11O2S2/c1-27-9-20-23-17(27)32-8-12-13(21-26-28(12)15-14(18)24-30-25-15)16(29)22-19-7-10-3-5-11(31-2)6-4-10/h3-7,9H,8H2,1-2H3,(H2,18,24)(H,22,29)/b19-7+. The van der Waals surface area contributed by atoms with Gasteiger partial charge in [-0.3, -0.25) is 4.79 Å². The lowest BCUT2D eigenvalue weighted by Gasteiger charge is -2.05. The monoisotopic (exact) mass is 471 g/mol. The van der Waals surface area contributed by atoms with Crippen molar-refractivity contribution < 1.29 is 9.42 Å². The summed E-state index contributed by atoms with van der Waals surface area (Å²) in [5, 5.41) is 27.8. The summed E-state index contributed by atoms with van der Waals surface area (Å²) in [4.78, 5) is 13.9. The second-order valence-corrected chi connectivity index (χ2v) is 8.08. The van der Waals surface area contributed by atoms with Gasteiger partial charge in [0.15, 0.2) is 10.9 Å². The number of carbonyl (C=O) groups is 1. The van der Waals surface area contributed by atoms with E-state index in [1.165, 1.54) is 16.4 Å². The number of hydrogen-bond acceptors (Lipinski definition) is 12. The average Bonchev–Trinajstić information content (AvgIpc) is 3.52. The van der Waals surface area contributed by atoms with Gasteiger partial charge in [0.25, 0.3) is 5.91 Å². The first-order chi connectivity index (χ1) is 15.6. The first-order valence-corrected chi connectivity index (χ1v) is 11.2. The van der Waals surface area contributed by atoms with Gasteiger partial charge in [-0.05, 0) is 34.3 Å². The van der Waals surface area contributed by atoms with Crippen LogP contribution in [0.2, 0.25) is 0 Å². The zero-order valence-electron chi connectivity index (χ0n) is 16.9. The molecule has 32 heavy (non-hydrogen) atoms. The molecule has 0 fully saturated rings. The van der Waals surface area contributed by atoms with Gasteiger partial charge in [-0.15, -0.1) is 27.1 Å². The summed E-state index contributed by atoms with van der Waals surface area (Å²) >= 11 is 2.98. The second-order valence-electron chi connectivity index (χ2n) is 6.25. The van der Waals surface area contributed by atoms with Gasteiger partial charge < -0.3 is 10.3 Å². The van der Waals surface area contributed by atoms with E-state index >= 15 is 0 Å². The minimum absolute atomic E-state index is 0.0125. The molecule has 0 unspecified atom stereocenters. The number of rotatable bonds is 8. The third-order valence-electron chi connectivity index (χ3n) is 4.18. The number of hydrazone groups is 1. The lowest BCUT2D eigenvalue weighted by Crippen LogP contribution is -2.20. The number of carbonyl (C=O) groups excluding carboxylic acids is 1. The highest BCUT2D eigenvalue weighted by molar-refractivity contribution is 7.98. The molecule has 0 bridgehead atoms. The Morgan fingerprint density at radius 1 is 1.28 bits per heavy atom. The number of aromatic nitrogens is 8. The van der Waals surface area contributed by atoms with E-state index in [-0.39, 0.29) is 23.1 Å². The fourth-order valence-electron chi connectivity index (χ4n) is 2.56. The van der Waals surface area contributed by atoms with Crippen molar-refractivity contribution in [1.29, 1.82) is 0 Å². The molecule has 4 rings (SSSR count). The molecule has 3 N–H and O–H groups in total. The molecule has 4 aromatic rings. The van der Waals surface area contributed by atoms with Crippen LogP contribution in [0.15, 0.2) is 50.4 Å². The van der Waals surface area contributed by atoms with Crippen LogP contribution in [-0.2, 0) is 12.8 Å². The molecule has 3 heterocycles. The van der Waals surface area contributed by atoms with Gasteiger partial charge in [-0.2, -0.15) is 9.78 Å². The highest BCUT2D eigenvalue weighted by atomic mass is 32.2. The van der Waals surface area contributed by atoms with Gasteiger partial charge >= 0.3 is 0 Å². The molecule has 0 aliphatic rings. The Labute approximate surface area is 189 Å². The van der Waals surface area contributed by atoms with E-state index in [4.69, 9.17) is 5.73 Å². The van der Waals surface area contributed by atoms with Crippen molar-refractivity contribution in [2.24, 2.45) is 12.1 Å². The molecular weight excluding hydrogens is 454 g/mol. The molecule has 0 spiro atoms. The Bertz CT molecular complexity index is 1250. The maximum absolute atomic E-state index is 12.8. The number of benzene rings is 1. The van der Waals surface area contributed by atoms with Crippen molar-refractivity contribution in [2.75, 3.05) is 12.0 Å². The normalized spacial score (nSPS) is 11.3. The number of thioether (sulfide) groups is 2. The lowest BCUT2D eigenvalue weighted by molar-refractivity contribution is 0.0949. The number of amides is 1. The van der Waals surface area contributed by atoms with Crippen molar-refractivity contribution in [3.05, 3.63) is 47.5 Å². The van der Waals surface area contributed by atoms with Crippen LogP contribution in [0.4, 0.5) is 5.82 Å². The summed E-state index contributed by atoms with van der Waals surface area (Å²) in [5.41, 5.74) is 9.57. The van der Waals surface area contributed by atoms with Gasteiger partial charge in [0.1, 0.15) is 6.33 Å². The zero-order valence-corrected chi connectivity index (χ0v) is 18.5. The molecule has 0 saturated heterocycles. The number of nitrogens with one attached hydrogen (secondary N) is 1. The predicted molar refractivity (Wildman–Crippen MR) is 117 cm³/mol. The SMILES string of the molecule is CSc1ccc(/C=N/NC(=O)c2nnn(-c3nonc3N)c2CSc2nncn2C)cc1. The van der Waals surface area contributed by atoms with Crippen molar-refractivity contribution in [3.63, 3.8) is 0 Å². The minimum Gasteiger partial charge on any atom is -0.378 e. The van der Waals surface area contributed by atoms with E-state index in [0.717, 1.165) is 10.5 Å². The van der Waals surface area contributed by atoms with Crippen LogP contribution < -0.4 is 11.2 Å². The average molecular weight is 472 g/mol. The van der Waals surface area contributed by atoms with Crippen LogP contribution in [0.5, 0.6) is 0 Å². The van der Waals surface area contributed by atoms with Crippen LogP contribution in [0.3, 0.4) is 0 Å². The van der Waals surface area contributed by atoms with Crippen LogP contribution in [0.25, 0.3) is 5.82 Å². The Morgan fingerprint density at radius 2 is 2.09 bits per heavy atom. The summed E-state index contributed by atoms with van der Waals surface area (Å²) in [7, 11) is 1.81. The zero-order chi connectivity index (χ0) is 22.5. The lowest BCUT2D eigenvalue weighted by atomic mass is 10.2. The van der Waals surface area contributed by atoms with E-state index in [1.54, 1.807) is 28.9 Å². The van der Waals surface area contributed by atoms with Gasteiger partial charge in [0.2, 0.25) is 11.6 Å². The van der Waals surface area contributed by atoms with Crippen LogP contribution >= 0.6 is 23.5 Å². The van der Waals surface area contributed by atoms with Crippen molar-refractivity contribution in [1.82, 2.24) is 45.5 Å². The molecule has 13 nitrogen and oxygen atoms in total. The Morgan fingerprint density at radius 3 is 2.75 bits per heavy atom. The highest BCUT2D eigenvalue weighted by Gasteiger charge is 2.24. The molecule has 1 amide bonds. The van der Waals surface area contributed by atoms with E-state index < -0.39 is 5.91 Å². The molecular formula is C17H17N11O2S2. The number of nitrogen functional groups attached to an aromatic ring is 1. The van der Waals surface area contributed by atoms with E-state index in [9.17, 15) is 4.79 Å². The number of anilines is 1. The fraction of sp³-hybridized carbons (Fsp3) is 0.176. The van der Waals surface area contributed by atoms with Crippen molar-refractivity contribution in [2.45, 2.75) is 15.8 Å².